The second-order valence-corrected chi connectivity index (χ2v) is 3.52. The second-order valence-electron chi connectivity index (χ2n) is 3.52. The summed E-state index contributed by atoms with van der Waals surface area (Å²) in [5.41, 5.74) is 2.55. The maximum absolute atomic E-state index is 5.62. The molecular weight excluding hydrogens is 160 g/mol. The fraction of sp³-hybridized carbons (Fsp3) is 0.500. The smallest absolute Gasteiger partial charge is 0.0720 e. The van der Waals surface area contributed by atoms with Gasteiger partial charge in [-0.15, -0.1) is 0 Å². The van der Waals surface area contributed by atoms with E-state index in [1.54, 1.807) is 0 Å². The standard InChI is InChI=1S/C12H18O/c1-4-11(3)13-9-12-7-5-10(2)6-8-12/h5-8,11H,4,9H2,1-3H3. The molecule has 1 aromatic carbocycles. The molecule has 0 heterocycles. The minimum absolute atomic E-state index is 0.362. The van der Waals surface area contributed by atoms with Gasteiger partial charge in [-0.05, 0) is 25.8 Å². The normalized spacial score (nSPS) is 12.8. The molecular formula is C12H18O. The topological polar surface area (TPSA) is 9.23 Å². The van der Waals surface area contributed by atoms with E-state index in [0.29, 0.717) is 6.10 Å². The monoisotopic (exact) mass is 178 g/mol. The lowest BCUT2D eigenvalue weighted by molar-refractivity contribution is 0.0508. The summed E-state index contributed by atoms with van der Waals surface area (Å²) < 4.78 is 5.62. The molecule has 0 aliphatic heterocycles. The van der Waals surface area contributed by atoms with Gasteiger partial charge in [0.05, 0.1) is 12.7 Å². The minimum atomic E-state index is 0.362. The van der Waals surface area contributed by atoms with Crippen molar-refractivity contribution in [3.63, 3.8) is 0 Å². The molecule has 1 nitrogen and oxygen atoms in total. The van der Waals surface area contributed by atoms with E-state index in [0.717, 1.165) is 13.0 Å². The Labute approximate surface area is 80.7 Å². The Morgan fingerprint density at radius 2 is 1.85 bits per heavy atom. The summed E-state index contributed by atoms with van der Waals surface area (Å²) in [5, 5.41) is 0. The van der Waals surface area contributed by atoms with Crippen molar-refractivity contribution < 1.29 is 4.74 Å². The third-order valence-electron chi connectivity index (χ3n) is 2.23. The highest BCUT2D eigenvalue weighted by Crippen LogP contribution is 2.07. The first-order valence-corrected chi connectivity index (χ1v) is 4.89. The van der Waals surface area contributed by atoms with E-state index < -0.39 is 0 Å². The van der Waals surface area contributed by atoms with Crippen LogP contribution in [0, 0.1) is 6.92 Å². The van der Waals surface area contributed by atoms with E-state index in [-0.39, 0.29) is 0 Å². The van der Waals surface area contributed by atoms with E-state index in [2.05, 4.69) is 45.0 Å². The van der Waals surface area contributed by atoms with E-state index in [9.17, 15) is 0 Å². The second kappa shape index (κ2) is 5.03. The summed E-state index contributed by atoms with van der Waals surface area (Å²) in [6, 6.07) is 8.49. The number of aryl methyl sites for hydroxylation is 1. The average Bonchev–Trinajstić information content (AvgIpc) is 2.16. The minimum Gasteiger partial charge on any atom is -0.374 e. The predicted molar refractivity (Wildman–Crippen MR) is 55.7 cm³/mol. The maximum atomic E-state index is 5.62. The van der Waals surface area contributed by atoms with Crippen LogP contribution < -0.4 is 0 Å². The molecule has 0 N–H and O–H groups in total. The Bertz CT molecular complexity index is 238. The summed E-state index contributed by atoms with van der Waals surface area (Å²) in [6.45, 7) is 7.07. The molecule has 0 aromatic heterocycles. The van der Waals surface area contributed by atoms with Crippen LogP contribution in [0.15, 0.2) is 24.3 Å². The number of hydrogen-bond acceptors (Lipinski definition) is 1. The quantitative estimate of drug-likeness (QED) is 0.687. The molecule has 0 spiro atoms. The van der Waals surface area contributed by atoms with Crippen molar-refractivity contribution in [3.8, 4) is 0 Å². The van der Waals surface area contributed by atoms with Crippen molar-refractivity contribution >= 4 is 0 Å². The molecule has 1 aromatic rings. The molecule has 13 heavy (non-hydrogen) atoms. The molecule has 0 fully saturated rings. The Morgan fingerprint density at radius 3 is 2.38 bits per heavy atom. The van der Waals surface area contributed by atoms with Gasteiger partial charge in [0.1, 0.15) is 0 Å². The largest absolute Gasteiger partial charge is 0.374 e. The van der Waals surface area contributed by atoms with Crippen LogP contribution in [0.5, 0.6) is 0 Å². The zero-order valence-corrected chi connectivity index (χ0v) is 8.71. The highest BCUT2D eigenvalue weighted by molar-refractivity contribution is 5.20. The van der Waals surface area contributed by atoms with Crippen molar-refractivity contribution in [1.82, 2.24) is 0 Å². The zero-order valence-electron chi connectivity index (χ0n) is 8.71. The van der Waals surface area contributed by atoms with Crippen LogP contribution in [0.4, 0.5) is 0 Å². The predicted octanol–water partition coefficient (Wildman–Crippen LogP) is 3.31. The van der Waals surface area contributed by atoms with Gasteiger partial charge in [0.2, 0.25) is 0 Å². The Morgan fingerprint density at radius 1 is 1.23 bits per heavy atom. The Hall–Kier alpha value is -0.820. The molecule has 0 saturated heterocycles. The van der Waals surface area contributed by atoms with Crippen LogP contribution in [0.1, 0.15) is 31.4 Å². The first kappa shape index (κ1) is 10.3. The summed E-state index contributed by atoms with van der Waals surface area (Å²) in [7, 11) is 0. The molecule has 1 atom stereocenters. The lowest BCUT2D eigenvalue weighted by atomic mass is 10.2. The molecule has 0 amide bonds. The third kappa shape index (κ3) is 3.60. The van der Waals surface area contributed by atoms with Gasteiger partial charge >= 0.3 is 0 Å². The SMILES string of the molecule is CCC(C)OCc1ccc(C)cc1. The van der Waals surface area contributed by atoms with Crippen molar-refractivity contribution in [3.05, 3.63) is 35.4 Å². The lowest BCUT2D eigenvalue weighted by Gasteiger charge is -2.10. The summed E-state index contributed by atoms with van der Waals surface area (Å²) in [4.78, 5) is 0. The molecule has 72 valence electrons. The lowest BCUT2D eigenvalue weighted by Crippen LogP contribution is -2.05. The fourth-order valence-electron chi connectivity index (χ4n) is 1.04. The molecule has 0 radical (unpaired) electrons. The van der Waals surface area contributed by atoms with Crippen molar-refractivity contribution in [2.45, 2.75) is 39.9 Å². The van der Waals surface area contributed by atoms with Crippen LogP contribution in [0.25, 0.3) is 0 Å². The Kier molecular flexibility index (Phi) is 3.97. The fourth-order valence-corrected chi connectivity index (χ4v) is 1.04. The molecule has 0 saturated carbocycles. The number of benzene rings is 1. The highest BCUT2D eigenvalue weighted by atomic mass is 16.5. The first-order chi connectivity index (χ1) is 6.22. The number of rotatable bonds is 4. The summed E-state index contributed by atoms with van der Waals surface area (Å²) in [6.07, 6.45) is 1.44. The van der Waals surface area contributed by atoms with Crippen molar-refractivity contribution in [2.24, 2.45) is 0 Å². The van der Waals surface area contributed by atoms with E-state index in [1.165, 1.54) is 11.1 Å². The van der Waals surface area contributed by atoms with Gasteiger partial charge < -0.3 is 4.74 Å². The number of ether oxygens (including phenoxy) is 1. The van der Waals surface area contributed by atoms with Gasteiger partial charge in [0, 0.05) is 0 Å². The number of hydrogen-bond donors (Lipinski definition) is 0. The molecule has 1 heteroatoms. The maximum Gasteiger partial charge on any atom is 0.0720 e. The molecule has 0 bridgehead atoms. The average molecular weight is 178 g/mol. The molecule has 0 aliphatic carbocycles. The van der Waals surface area contributed by atoms with Crippen LogP contribution >= 0.6 is 0 Å². The summed E-state index contributed by atoms with van der Waals surface area (Å²) >= 11 is 0. The van der Waals surface area contributed by atoms with Crippen LogP contribution in [0.3, 0.4) is 0 Å². The van der Waals surface area contributed by atoms with Crippen LogP contribution in [0.2, 0.25) is 0 Å². The van der Waals surface area contributed by atoms with Gasteiger partial charge in [0.15, 0.2) is 0 Å². The van der Waals surface area contributed by atoms with Crippen LogP contribution in [-0.2, 0) is 11.3 Å². The van der Waals surface area contributed by atoms with Crippen molar-refractivity contribution in [1.29, 1.82) is 0 Å². The first-order valence-electron chi connectivity index (χ1n) is 4.89. The van der Waals surface area contributed by atoms with E-state index >= 15 is 0 Å². The van der Waals surface area contributed by atoms with Gasteiger partial charge in [-0.1, -0.05) is 36.8 Å². The molecule has 1 rings (SSSR count). The van der Waals surface area contributed by atoms with Gasteiger partial charge in [-0.3, -0.25) is 0 Å². The molecule has 1 unspecified atom stereocenters. The third-order valence-corrected chi connectivity index (χ3v) is 2.23. The Balaban J connectivity index is 2.41. The van der Waals surface area contributed by atoms with Crippen LogP contribution in [-0.4, -0.2) is 6.10 Å². The van der Waals surface area contributed by atoms with Crippen molar-refractivity contribution in [2.75, 3.05) is 0 Å². The van der Waals surface area contributed by atoms with E-state index in [4.69, 9.17) is 4.74 Å². The zero-order chi connectivity index (χ0) is 9.68. The highest BCUT2D eigenvalue weighted by Gasteiger charge is 1.98. The van der Waals surface area contributed by atoms with E-state index in [1.807, 2.05) is 0 Å². The summed E-state index contributed by atoms with van der Waals surface area (Å²) in [5.74, 6) is 0. The van der Waals surface area contributed by atoms with Gasteiger partial charge in [-0.25, -0.2) is 0 Å². The van der Waals surface area contributed by atoms with Gasteiger partial charge in [-0.2, -0.15) is 0 Å². The van der Waals surface area contributed by atoms with Gasteiger partial charge in [0.25, 0.3) is 0 Å². The molecule has 0 aliphatic rings.